The number of rotatable bonds is 2. The molecule has 88 valence electrons. The summed E-state index contributed by atoms with van der Waals surface area (Å²) in [6.45, 7) is 1.90. The lowest BCUT2D eigenvalue weighted by Crippen LogP contribution is -2.35. The molecule has 16 heavy (non-hydrogen) atoms. The molecule has 1 saturated heterocycles. The minimum Gasteiger partial charge on any atom is -0.493 e. The molecule has 1 N–H and O–H groups in total. The molecule has 0 radical (unpaired) electrons. The van der Waals surface area contributed by atoms with Gasteiger partial charge in [0.05, 0.1) is 0 Å². The molecule has 1 fully saturated rings. The molecule has 2 rings (SSSR count). The number of halogens is 2. The van der Waals surface area contributed by atoms with E-state index in [1.54, 1.807) is 6.08 Å². The summed E-state index contributed by atoms with van der Waals surface area (Å²) in [5, 5.41) is 3.74. The van der Waals surface area contributed by atoms with Crippen LogP contribution in [0, 0.1) is 0 Å². The summed E-state index contributed by atoms with van der Waals surface area (Å²) in [6.07, 6.45) is 7.19. The van der Waals surface area contributed by atoms with E-state index in [0.29, 0.717) is 11.5 Å². The van der Waals surface area contributed by atoms with Crippen molar-refractivity contribution in [3.05, 3.63) is 34.8 Å². The minimum absolute atomic E-state index is 0.180. The lowest BCUT2D eigenvalue weighted by atomic mass is 10.1. The van der Waals surface area contributed by atoms with Gasteiger partial charge in [-0.2, -0.15) is 0 Å². The number of ether oxygens (including phenoxy) is 1. The molecule has 0 saturated carbocycles. The SMILES string of the molecule is FC1=CC=C(OC2CCCNC2)CC(Cl)=C1. The minimum atomic E-state index is -0.328. The highest BCUT2D eigenvalue weighted by atomic mass is 35.5. The first-order valence-corrected chi connectivity index (χ1v) is 5.91. The van der Waals surface area contributed by atoms with E-state index < -0.39 is 0 Å². The Morgan fingerprint density at radius 2 is 2.31 bits per heavy atom. The molecule has 0 spiro atoms. The standard InChI is InChI=1S/C12H15ClFNO/c13-9-6-10(14)3-4-11(7-9)16-12-2-1-5-15-8-12/h3-4,6,12,15H,1-2,5,7-8H2. The van der Waals surface area contributed by atoms with Crippen LogP contribution in [0.1, 0.15) is 19.3 Å². The summed E-state index contributed by atoms with van der Waals surface area (Å²) in [4.78, 5) is 0. The average Bonchev–Trinajstić information content (AvgIpc) is 2.41. The van der Waals surface area contributed by atoms with E-state index in [2.05, 4.69) is 5.32 Å². The first kappa shape index (κ1) is 11.7. The van der Waals surface area contributed by atoms with Crippen molar-refractivity contribution in [1.82, 2.24) is 5.32 Å². The first-order chi connectivity index (χ1) is 7.74. The van der Waals surface area contributed by atoms with Crippen LogP contribution < -0.4 is 5.32 Å². The van der Waals surface area contributed by atoms with Crippen LogP contribution in [0.4, 0.5) is 4.39 Å². The van der Waals surface area contributed by atoms with Gasteiger partial charge in [0.1, 0.15) is 17.7 Å². The molecule has 1 aliphatic carbocycles. The van der Waals surface area contributed by atoms with E-state index in [9.17, 15) is 4.39 Å². The maximum Gasteiger partial charge on any atom is 0.124 e. The van der Waals surface area contributed by atoms with Gasteiger partial charge in [-0.15, -0.1) is 0 Å². The van der Waals surface area contributed by atoms with Crippen LogP contribution in [0.2, 0.25) is 0 Å². The highest BCUT2D eigenvalue weighted by molar-refractivity contribution is 6.29. The van der Waals surface area contributed by atoms with Gasteiger partial charge in [-0.1, -0.05) is 11.6 Å². The van der Waals surface area contributed by atoms with Crippen molar-refractivity contribution in [3.63, 3.8) is 0 Å². The Morgan fingerprint density at radius 3 is 3.06 bits per heavy atom. The Labute approximate surface area is 99.8 Å². The molecule has 0 aromatic heterocycles. The van der Waals surface area contributed by atoms with Crippen LogP contribution >= 0.6 is 11.6 Å². The number of hydrogen-bond donors (Lipinski definition) is 1. The first-order valence-electron chi connectivity index (χ1n) is 5.54. The topological polar surface area (TPSA) is 21.3 Å². The summed E-state index contributed by atoms with van der Waals surface area (Å²) in [5.41, 5.74) is 0. The van der Waals surface area contributed by atoms with E-state index in [1.807, 2.05) is 0 Å². The second-order valence-corrected chi connectivity index (χ2v) is 4.52. The Bertz CT molecular complexity index is 343. The molecule has 0 aromatic rings. The van der Waals surface area contributed by atoms with Crippen molar-refractivity contribution >= 4 is 11.6 Å². The predicted octanol–water partition coefficient (Wildman–Crippen LogP) is 3.02. The number of allylic oxidation sites excluding steroid dienone is 5. The van der Waals surface area contributed by atoms with Crippen LogP contribution in [-0.2, 0) is 4.74 Å². The second kappa shape index (κ2) is 5.51. The fourth-order valence-electron chi connectivity index (χ4n) is 1.86. The zero-order chi connectivity index (χ0) is 11.4. The largest absolute Gasteiger partial charge is 0.493 e. The molecule has 0 amide bonds. The summed E-state index contributed by atoms with van der Waals surface area (Å²) < 4.78 is 18.8. The van der Waals surface area contributed by atoms with Gasteiger partial charge >= 0.3 is 0 Å². The van der Waals surface area contributed by atoms with Crippen LogP contribution in [0.5, 0.6) is 0 Å². The quantitative estimate of drug-likeness (QED) is 0.805. The number of piperidine rings is 1. The van der Waals surface area contributed by atoms with Gasteiger partial charge in [0, 0.05) is 18.0 Å². The van der Waals surface area contributed by atoms with Crippen molar-refractivity contribution in [3.8, 4) is 0 Å². The van der Waals surface area contributed by atoms with Crippen LogP contribution in [-0.4, -0.2) is 19.2 Å². The summed E-state index contributed by atoms with van der Waals surface area (Å²) in [6, 6.07) is 0. The molecule has 0 bridgehead atoms. The Hall–Kier alpha value is -0.800. The zero-order valence-electron chi connectivity index (χ0n) is 9.01. The number of hydrogen-bond acceptors (Lipinski definition) is 2. The van der Waals surface area contributed by atoms with E-state index in [4.69, 9.17) is 16.3 Å². The van der Waals surface area contributed by atoms with Crippen molar-refractivity contribution in [2.24, 2.45) is 0 Å². The molecule has 1 heterocycles. The fraction of sp³-hybridized carbons (Fsp3) is 0.500. The molecule has 2 nitrogen and oxygen atoms in total. The Kier molecular flexibility index (Phi) is 4.02. The predicted molar refractivity (Wildman–Crippen MR) is 62.8 cm³/mol. The van der Waals surface area contributed by atoms with Crippen molar-refractivity contribution in [1.29, 1.82) is 0 Å². The third-order valence-electron chi connectivity index (χ3n) is 2.64. The van der Waals surface area contributed by atoms with Gasteiger partial charge in [0.2, 0.25) is 0 Å². The van der Waals surface area contributed by atoms with E-state index in [1.165, 1.54) is 12.2 Å². The highest BCUT2D eigenvalue weighted by Gasteiger charge is 2.16. The normalized spacial score (nSPS) is 26.4. The summed E-state index contributed by atoms with van der Waals surface area (Å²) >= 11 is 5.87. The molecule has 1 unspecified atom stereocenters. The maximum absolute atomic E-state index is 13.0. The smallest absolute Gasteiger partial charge is 0.124 e. The van der Waals surface area contributed by atoms with Gasteiger partial charge in [0.25, 0.3) is 0 Å². The molecular weight excluding hydrogens is 229 g/mol. The van der Waals surface area contributed by atoms with Crippen molar-refractivity contribution in [2.45, 2.75) is 25.4 Å². The van der Waals surface area contributed by atoms with Crippen molar-refractivity contribution < 1.29 is 9.13 Å². The van der Waals surface area contributed by atoms with E-state index >= 15 is 0 Å². The van der Waals surface area contributed by atoms with Gasteiger partial charge in [-0.05, 0) is 37.6 Å². The van der Waals surface area contributed by atoms with Crippen LogP contribution in [0.25, 0.3) is 0 Å². The van der Waals surface area contributed by atoms with E-state index in [-0.39, 0.29) is 11.9 Å². The third kappa shape index (κ3) is 3.35. The van der Waals surface area contributed by atoms with Crippen LogP contribution in [0.3, 0.4) is 0 Å². The van der Waals surface area contributed by atoms with Gasteiger partial charge in [-0.3, -0.25) is 0 Å². The fourth-order valence-corrected chi connectivity index (χ4v) is 2.10. The molecule has 4 heteroatoms. The molecule has 2 aliphatic rings. The van der Waals surface area contributed by atoms with Gasteiger partial charge in [-0.25, -0.2) is 4.39 Å². The van der Waals surface area contributed by atoms with Gasteiger partial charge < -0.3 is 10.1 Å². The molecule has 0 aromatic carbocycles. The monoisotopic (exact) mass is 243 g/mol. The third-order valence-corrected chi connectivity index (χ3v) is 2.88. The Morgan fingerprint density at radius 1 is 1.44 bits per heavy atom. The Balaban J connectivity index is 1.96. The lowest BCUT2D eigenvalue weighted by molar-refractivity contribution is 0.0898. The van der Waals surface area contributed by atoms with E-state index in [0.717, 1.165) is 31.7 Å². The highest BCUT2D eigenvalue weighted by Crippen LogP contribution is 2.24. The zero-order valence-corrected chi connectivity index (χ0v) is 9.77. The lowest BCUT2D eigenvalue weighted by Gasteiger charge is -2.25. The second-order valence-electron chi connectivity index (χ2n) is 4.04. The van der Waals surface area contributed by atoms with Crippen molar-refractivity contribution in [2.75, 3.05) is 13.1 Å². The molecule has 1 atom stereocenters. The summed E-state index contributed by atoms with van der Waals surface area (Å²) in [5.74, 6) is 0.410. The molecular formula is C12H15ClFNO. The van der Waals surface area contributed by atoms with Gasteiger partial charge in [0.15, 0.2) is 0 Å². The number of nitrogens with one attached hydrogen (secondary N) is 1. The molecule has 1 aliphatic heterocycles. The van der Waals surface area contributed by atoms with Crippen LogP contribution in [0.15, 0.2) is 34.8 Å². The summed E-state index contributed by atoms with van der Waals surface area (Å²) in [7, 11) is 0. The maximum atomic E-state index is 13.0. The average molecular weight is 244 g/mol.